The standard InChI is InChI=1S/C35H54O4/c1-7-31-24(3)12-17-33(39-31)38-26-18-20-34(4)25(22-26)13-14-27-29-16-15-28(35(29,5)21-19-30(27)34)23(2)10-8-9-11-32(36)37-6/h10,12-13,17,24,26-31,33H,7-9,11,14-16,18-22H2,1-6H3/b23-10+/t24-,26-,27-,28+,29-,30-,31+,33-,34-,35+/m0/s1. The molecule has 1 aliphatic heterocycles. The lowest BCUT2D eigenvalue weighted by molar-refractivity contribution is -0.188. The Balaban J connectivity index is 1.23. The Morgan fingerprint density at radius 1 is 1.13 bits per heavy atom. The van der Waals surface area contributed by atoms with E-state index in [1.807, 2.05) is 0 Å². The second-order valence-electron chi connectivity index (χ2n) is 14.0. The quantitative estimate of drug-likeness (QED) is 0.176. The van der Waals surface area contributed by atoms with Gasteiger partial charge in [-0.3, -0.25) is 4.79 Å². The van der Waals surface area contributed by atoms with Crippen molar-refractivity contribution < 1.29 is 19.0 Å². The Morgan fingerprint density at radius 2 is 1.95 bits per heavy atom. The Kier molecular flexibility index (Phi) is 8.84. The zero-order valence-electron chi connectivity index (χ0n) is 25.5. The summed E-state index contributed by atoms with van der Waals surface area (Å²) in [5, 5.41) is 0. The Hall–Kier alpha value is -1.39. The molecule has 4 nitrogen and oxygen atoms in total. The maximum atomic E-state index is 11.5. The molecule has 3 saturated carbocycles. The number of ether oxygens (including phenoxy) is 3. The minimum Gasteiger partial charge on any atom is -0.469 e. The van der Waals surface area contributed by atoms with Crippen molar-refractivity contribution in [2.45, 2.75) is 130 Å². The molecule has 0 spiro atoms. The number of carbonyl (C=O) groups is 1. The molecular formula is C35H54O4. The van der Waals surface area contributed by atoms with Crippen LogP contribution in [0.25, 0.3) is 0 Å². The summed E-state index contributed by atoms with van der Waals surface area (Å²) in [6.45, 7) is 12.0. The first-order valence-electron chi connectivity index (χ1n) is 16.1. The number of rotatable bonds is 8. The number of fused-ring (bicyclic) bond motifs is 5. The fraction of sp³-hybridized carbons (Fsp3) is 0.800. The molecule has 0 bridgehead atoms. The van der Waals surface area contributed by atoms with E-state index < -0.39 is 0 Å². The summed E-state index contributed by atoms with van der Waals surface area (Å²) < 4.78 is 17.6. The number of hydrogen-bond donors (Lipinski definition) is 0. The molecule has 1 heterocycles. The first-order chi connectivity index (χ1) is 18.7. The molecule has 218 valence electrons. The van der Waals surface area contributed by atoms with Crippen molar-refractivity contribution in [3.8, 4) is 0 Å². The van der Waals surface area contributed by atoms with Gasteiger partial charge >= 0.3 is 5.97 Å². The normalized spacial score (nSPS) is 43.7. The molecule has 5 aliphatic rings. The minimum absolute atomic E-state index is 0.0926. The molecule has 0 amide bonds. The lowest BCUT2D eigenvalue weighted by atomic mass is 9.47. The van der Waals surface area contributed by atoms with Crippen molar-refractivity contribution in [3.63, 3.8) is 0 Å². The van der Waals surface area contributed by atoms with Crippen LogP contribution in [0.2, 0.25) is 0 Å². The van der Waals surface area contributed by atoms with E-state index in [4.69, 9.17) is 14.2 Å². The molecule has 0 aromatic rings. The summed E-state index contributed by atoms with van der Waals surface area (Å²) in [5.41, 5.74) is 4.01. The number of allylic oxidation sites excluding steroid dienone is 3. The van der Waals surface area contributed by atoms with Gasteiger partial charge in [0.25, 0.3) is 0 Å². The van der Waals surface area contributed by atoms with E-state index in [-0.39, 0.29) is 24.5 Å². The lowest BCUT2D eigenvalue weighted by Crippen LogP contribution is -2.50. The Morgan fingerprint density at radius 3 is 2.72 bits per heavy atom. The molecule has 0 unspecified atom stereocenters. The van der Waals surface area contributed by atoms with Gasteiger partial charge < -0.3 is 14.2 Å². The lowest BCUT2D eigenvalue weighted by Gasteiger charge is -2.58. The third kappa shape index (κ3) is 5.59. The number of unbranched alkanes of at least 4 members (excludes halogenated alkanes) is 1. The molecule has 0 N–H and O–H groups in total. The van der Waals surface area contributed by atoms with Crippen LogP contribution in [0.5, 0.6) is 0 Å². The van der Waals surface area contributed by atoms with Gasteiger partial charge in [-0.1, -0.05) is 57.1 Å². The highest BCUT2D eigenvalue weighted by Gasteiger charge is 2.58. The topological polar surface area (TPSA) is 44.8 Å². The molecule has 0 saturated heterocycles. The van der Waals surface area contributed by atoms with Gasteiger partial charge in [0.1, 0.15) is 0 Å². The van der Waals surface area contributed by atoms with E-state index in [1.54, 1.807) is 11.1 Å². The zero-order chi connectivity index (χ0) is 27.8. The summed E-state index contributed by atoms with van der Waals surface area (Å²) in [5.74, 6) is 3.55. The SMILES string of the molecule is CC[C@H]1O[C@H](O[C@H]2CC[C@@]3(C)C(=CC[C@H]4[C@@H]5CC[C@H](/C(C)=C/CCCC(=O)OC)[C@@]5(C)CC[C@@H]43)C2)C=C[C@@H]1C. The van der Waals surface area contributed by atoms with Crippen molar-refractivity contribution in [1.29, 1.82) is 0 Å². The smallest absolute Gasteiger partial charge is 0.305 e. The molecular weight excluding hydrogens is 484 g/mol. The Labute approximate surface area is 238 Å². The Bertz CT molecular complexity index is 979. The molecule has 0 radical (unpaired) electrons. The van der Waals surface area contributed by atoms with Crippen molar-refractivity contribution in [1.82, 2.24) is 0 Å². The average Bonchev–Trinajstić information content (AvgIpc) is 3.29. The van der Waals surface area contributed by atoms with Crippen molar-refractivity contribution in [2.24, 2.45) is 40.4 Å². The highest BCUT2D eigenvalue weighted by Crippen LogP contribution is 2.67. The van der Waals surface area contributed by atoms with Crippen LogP contribution in [0.15, 0.2) is 35.5 Å². The van der Waals surface area contributed by atoms with Gasteiger partial charge in [0, 0.05) is 12.3 Å². The zero-order valence-corrected chi connectivity index (χ0v) is 25.5. The number of hydrogen-bond acceptors (Lipinski definition) is 4. The van der Waals surface area contributed by atoms with Gasteiger partial charge in [-0.15, -0.1) is 0 Å². The first kappa shape index (κ1) is 29.1. The van der Waals surface area contributed by atoms with Crippen LogP contribution in [0.3, 0.4) is 0 Å². The number of methoxy groups -OCH3 is 1. The summed E-state index contributed by atoms with van der Waals surface area (Å²) in [6, 6.07) is 0. The third-order valence-corrected chi connectivity index (χ3v) is 12.1. The molecule has 0 aromatic carbocycles. The van der Waals surface area contributed by atoms with E-state index in [1.165, 1.54) is 45.6 Å². The summed E-state index contributed by atoms with van der Waals surface area (Å²) in [4.78, 5) is 11.5. The van der Waals surface area contributed by atoms with Gasteiger partial charge in [0.2, 0.25) is 0 Å². The van der Waals surface area contributed by atoms with Crippen LogP contribution < -0.4 is 0 Å². The van der Waals surface area contributed by atoms with Crippen LogP contribution >= 0.6 is 0 Å². The minimum atomic E-state index is -0.181. The second-order valence-corrected chi connectivity index (χ2v) is 14.0. The van der Waals surface area contributed by atoms with Gasteiger partial charge in [-0.2, -0.15) is 0 Å². The van der Waals surface area contributed by atoms with E-state index in [0.717, 1.165) is 49.9 Å². The van der Waals surface area contributed by atoms with Gasteiger partial charge in [0.15, 0.2) is 6.29 Å². The fourth-order valence-electron chi connectivity index (χ4n) is 9.78. The third-order valence-electron chi connectivity index (χ3n) is 12.1. The van der Waals surface area contributed by atoms with Gasteiger partial charge in [-0.25, -0.2) is 0 Å². The van der Waals surface area contributed by atoms with Gasteiger partial charge in [-0.05, 0) is 118 Å². The largest absolute Gasteiger partial charge is 0.469 e. The van der Waals surface area contributed by atoms with Crippen molar-refractivity contribution in [3.05, 3.63) is 35.5 Å². The van der Waals surface area contributed by atoms with Gasteiger partial charge in [0.05, 0.1) is 19.3 Å². The molecule has 4 heteroatoms. The molecule has 39 heavy (non-hydrogen) atoms. The number of carbonyl (C=O) groups excluding carboxylic acids is 1. The maximum Gasteiger partial charge on any atom is 0.305 e. The van der Waals surface area contributed by atoms with E-state index >= 15 is 0 Å². The molecule has 0 aromatic heterocycles. The molecule has 3 fully saturated rings. The average molecular weight is 539 g/mol. The highest BCUT2D eigenvalue weighted by atomic mass is 16.7. The predicted octanol–water partition coefficient (Wildman–Crippen LogP) is 8.57. The second kappa shape index (κ2) is 11.8. The monoisotopic (exact) mass is 538 g/mol. The van der Waals surface area contributed by atoms with E-state index in [0.29, 0.717) is 29.1 Å². The van der Waals surface area contributed by atoms with Crippen LogP contribution in [-0.4, -0.2) is 31.6 Å². The molecule has 5 rings (SSSR count). The van der Waals surface area contributed by atoms with Crippen LogP contribution in [-0.2, 0) is 19.0 Å². The van der Waals surface area contributed by atoms with Crippen LogP contribution in [0, 0.1) is 40.4 Å². The van der Waals surface area contributed by atoms with Crippen molar-refractivity contribution >= 4 is 5.97 Å². The van der Waals surface area contributed by atoms with Crippen LogP contribution in [0.4, 0.5) is 0 Å². The molecule has 10 atom stereocenters. The van der Waals surface area contributed by atoms with E-state index in [2.05, 4.69) is 58.9 Å². The number of esters is 1. The van der Waals surface area contributed by atoms with Crippen LogP contribution in [0.1, 0.15) is 112 Å². The first-order valence-corrected chi connectivity index (χ1v) is 16.1. The summed E-state index contributed by atoms with van der Waals surface area (Å²) in [7, 11) is 1.48. The maximum absolute atomic E-state index is 11.5. The molecule has 4 aliphatic carbocycles. The fourth-order valence-corrected chi connectivity index (χ4v) is 9.78. The summed E-state index contributed by atoms with van der Waals surface area (Å²) in [6.07, 6.45) is 23.5. The van der Waals surface area contributed by atoms with Crippen molar-refractivity contribution in [2.75, 3.05) is 7.11 Å². The predicted molar refractivity (Wildman–Crippen MR) is 157 cm³/mol. The highest BCUT2D eigenvalue weighted by molar-refractivity contribution is 5.69. The van der Waals surface area contributed by atoms with E-state index in [9.17, 15) is 4.79 Å². The summed E-state index contributed by atoms with van der Waals surface area (Å²) >= 11 is 0.